The Balaban J connectivity index is 0.000000200. The van der Waals surface area contributed by atoms with Crippen molar-refractivity contribution >= 4 is 0 Å². The Kier molecular flexibility index (Phi) is 9.86. The minimum atomic E-state index is 0.671. The van der Waals surface area contributed by atoms with Gasteiger partial charge in [-0.15, -0.1) is 0 Å². The zero-order valence-corrected chi connectivity index (χ0v) is 15.2. The first-order valence-corrected chi connectivity index (χ1v) is 8.95. The third-order valence-electron chi connectivity index (χ3n) is 3.45. The molecule has 0 bridgehead atoms. The maximum atomic E-state index is 5.54. The van der Waals surface area contributed by atoms with Crippen molar-refractivity contribution in [3.63, 3.8) is 0 Å². The van der Waals surface area contributed by atoms with E-state index in [0.717, 1.165) is 18.8 Å². The number of fused-ring (bicyclic) bond motifs is 1. The largest absolute Gasteiger partial charge is 0.493 e. The summed E-state index contributed by atoms with van der Waals surface area (Å²) in [6, 6.07) is 18.9. The van der Waals surface area contributed by atoms with Gasteiger partial charge in [-0.05, 0) is 36.0 Å². The zero-order valence-electron chi connectivity index (χ0n) is 15.2. The summed E-state index contributed by atoms with van der Waals surface area (Å²) >= 11 is 0. The van der Waals surface area contributed by atoms with Gasteiger partial charge in [-0.2, -0.15) is 0 Å². The summed E-state index contributed by atoms with van der Waals surface area (Å²) in [6.07, 6.45) is 4.86. The van der Waals surface area contributed by atoms with Crippen molar-refractivity contribution in [1.29, 1.82) is 0 Å². The van der Waals surface area contributed by atoms with Gasteiger partial charge in [0.25, 0.3) is 0 Å². The highest BCUT2D eigenvalue weighted by molar-refractivity contribution is 5.34. The van der Waals surface area contributed by atoms with E-state index in [1.54, 1.807) is 0 Å². The van der Waals surface area contributed by atoms with Crippen molar-refractivity contribution < 1.29 is 4.74 Å². The Labute approximate surface area is 142 Å². The fourth-order valence-electron chi connectivity index (χ4n) is 2.41. The highest BCUT2D eigenvalue weighted by atomic mass is 16.5. The Morgan fingerprint density at radius 3 is 2.17 bits per heavy atom. The normalized spacial score (nSPS) is 15.0. The van der Waals surface area contributed by atoms with E-state index in [-0.39, 0.29) is 0 Å². The summed E-state index contributed by atoms with van der Waals surface area (Å²) in [6.45, 7) is 9.54. The molecule has 1 nitrogen and oxygen atoms in total. The highest BCUT2D eigenvalue weighted by Crippen LogP contribution is 2.26. The molecule has 0 saturated heterocycles. The second-order valence-corrected chi connectivity index (χ2v) is 6.17. The number of rotatable bonds is 2. The molecule has 2 aromatic carbocycles. The molecule has 3 rings (SSSR count). The van der Waals surface area contributed by atoms with E-state index in [0.29, 0.717) is 5.92 Å². The molecule has 1 aliphatic heterocycles. The second-order valence-electron chi connectivity index (χ2n) is 6.17. The maximum Gasteiger partial charge on any atom is 0.122 e. The SMILES string of the molecule is CC1COc2ccccc2C1.CCC.CCCc1ccccc1. The van der Waals surface area contributed by atoms with Gasteiger partial charge in [0.2, 0.25) is 0 Å². The third kappa shape index (κ3) is 7.88. The van der Waals surface area contributed by atoms with Crippen LogP contribution in [0.25, 0.3) is 0 Å². The topological polar surface area (TPSA) is 9.23 Å². The van der Waals surface area contributed by atoms with E-state index in [4.69, 9.17) is 4.74 Å². The molecule has 0 N–H and O–H groups in total. The van der Waals surface area contributed by atoms with Crippen molar-refractivity contribution in [3.8, 4) is 5.75 Å². The second kappa shape index (κ2) is 11.8. The van der Waals surface area contributed by atoms with Crippen LogP contribution in [0.5, 0.6) is 5.75 Å². The Morgan fingerprint density at radius 1 is 0.913 bits per heavy atom. The van der Waals surface area contributed by atoms with Crippen LogP contribution in [0, 0.1) is 5.92 Å². The number of ether oxygens (including phenoxy) is 1. The molecule has 1 heterocycles. The highest BCUT2D eigenvalue weighted by Gasteiger charge is 2.14. The van der Waals surface area contributed by atoms with E-state index in [9.17, 15) is 0 Å². The average Bonchev–Trinajstić information content (AvgIpc) is 2.57. The molecule has 1 heteroatoms. The molecule has 0 spiro atoms. The van der Waals surface area contributed by atoms with Gasteiger partial charge in [0.15, 0.2) is 0 Å². The lowest BCUT2D eigenvalue weighted by Crippen LogP contribution is -2.17. The van der Waals surface area contributed by atoms with Gasteiger partial charge in [0.05, 0.1) is 6.61 Å². The molecule has 0 aromatic heterocycles. The molecule has 23 heavy (non-hydrogen) atoms. The number of hydrogen-bond donors (Lipinski definition) is 0. The average molecular weight is 312 g/mol. The van der Waals surface area contributed by atoms with Gasteiger partial charge in [-0.25, -0.2) is 0 Å². The van der Waals surface area contributed by atoms with E-state index in [1.807, 2.05) is 12.1 Å². The van der Waals surface area contributed by atoms with Crippen molar-refractivity contribution in [2.24, 2.45) is 5.92 Å². The zero-order chi connectivity index (χ0) is 16.9. The minimum Gasteiger partial charge on any atom is -0.493 e. The molecule has 1 aliphatic rings. The first-order chi connectivity index (χ1) is 11.2. The number of para-hydroxylation sites is 1. The molecule has 0 saturated carbocycles. The van der Waals surface area contributed by atoms with Crippen LogP contribution in [0.1, 0.15) is 51.7 Å². The third-order valence-corrected chi connectivity index (χ3v) is 3.45. The molecule has 0 fully saturated rings. The molecular formula is C22H32O. The number of hydrogen-bond acceptors (Lipinski definition) is 1. The van der Waals surface area contributed by atoms with Gasteiger partial charge in [-0.3, -0.25) is 0 Å². The first-order valence-electron chi connectivity index (χ1n) is 8.95. The molecule has 126 valence electrons. The van der Waals surface area contributed by atoms with E-state index in [2.05, 4.69) is 70.2 Å². The van der Waals surface area contributed by atoms with Gasteiger partial charge in [-0.1, -0.05) is 89.1 Å². The van der Waals surface area contributed by atoms with Crippen LogP contribution in [-0.2, 0) is 12.8 Å². The van der Waals surface area contributed by atoms with E-state index >= 15 is 0 Å². The fourth-order valence-corrected chi connectivity index (χ4v) is 2.41. The monoisotopic (exact) mass is 312 g/mol. The summed E-state index contributed by atoms with van der Waals surface area (Å²) < 4.78 is 5.54. The maximum absolute atomic E-state index is 5.54. The number of benzene rings is 2. The Bertz CT molecular complexity index is 519. The molecule has 0 aliphatic carbocycles. The lowest BCUT2D eigenvalue weighted by atomic mass is 9.99. The summed E-state index contributed by atoms with van der Waals surface area (Å²) in [5.41, 5.74) is 2.80. The van der Waals surface area contributed by atoms with Crippen LogP contribution < -0.4 is 4.74 Å². The van der Waals surface area contributed by atoms with Crippen LogP contribution in [0.15, 0.2) is 54.6 Å². The quantitative estimate of drug-likeness (QED) is 0.631. The molecule has 0 radical (unpaired) electrons. The van der Waals surface area contributed by atoms with Crippen molar-refractivity contribution in [2.45, 2.75) is 53.4 Å². The van der Waals surface area contributed by atoms with Crippen molar-refractivity contribution in [2.75, 3.05) is 6.61 Å². The van der Waals surface area contributed by atoms with Crippen molar-refractivity contribution in [1.82, 2.24) is 0 Å². The summed E-state index contributed by atoms with van der Waals surface area (Å²) in [4.78, 5) is 0. The smallest absolute Gasteiger partial charge is 0.122 e. The summed E-state index contributed by atoms with van der Waals surface area (Å²) in [5, 5.41) is 0. The molecule has 0 amide bonds. The molecule has 1 unspecified atom stereocenters. The lowest BCUT2D eigenvalue weighted by molar-refractivity contribution is 0.234. The Morgan fingerprint density at radius 2 is 1.52 bits per heavy atom. The van der Waals surface area contributed by atoms with Crippen LogP contribution in [0.2, 0.25) is 0 Å². The molecule has 2 aromatic rings. The first kappa shape index (κ1) is 19.3. The fraction of sp³-hybridized carbons (Fsp3) is 0.455. The standard InChI is InChI=1S/C10H12O.C9H12.C3H8/c1-8-6-9-4-2-3-5-10(9)11-7-8;1-2-6-9-7-4-3-5-8-9;1-3-2/h2-5,8H,6-7H2,1H3;3-5,7-8H,2,6H2,1H3;3H2,1-2H3. The lowest BCUT2D eigenvalue weighted by Gasteiger charge is -2.21. The molecule has 1 atom stereocenters. The van der Waals surface area contributed by atoms with Gasteiger partial charge >= 0.3 is 0 Å². The minimum absolute atomic E-state index is 0.671. The predicted molar refractivity (Wildman–Crippen MR) is 101 cm³/mol. The predicted octanol–water partition coefficient (Wildman–Crippen LogP) is 6.31. The Hall–Kier alpha value is -1.76. The van der Waals surface area contributed by atoms with Crippen LogP contribution in [0.4, 0.5) is 0 Å². The summed E-state index contributed by atoms with van der Waals surface area (Å²) in [7, 11) is 0. The van der Waals surface area contributed by atoms with Gasteiger partial charge in [0.1, 0.15) is 5.75 Å². The van der Waals surface area contributed by atoms with E-state index < -0.39 is 0 Å². The number of aryl methyl sites for hydroxylation is 1. The summed E-state index contributed by atoms with van der Waals surface area (Å²) in [5.74, 6) is 1.75. The van der Waals surface area contributed by atoms with Crippen LogP contribution in [-0.4, -0.2) is 6.61 Å². The van der Waals surface area contributed by atoms with Crippen molar-refractivity contribution in [3.05, 3.63) is 65.7 Å². The van der Waals surface area contributed by atoms with Crippen LogP contribution >= 0.6 is 0 Å². The van der Waals surface area contributed by atoms with Gasteiger partial charge < -0.3 is 4.74 Å². The van der Waals surface area contributed by atoms with Gasteiger partial charge in [0, 0.05) is 0 Å². The molecular weight excluding hydrogens is 280 g/mol. The van der Waals surface area contributed by atoms with Crippen LogP contribution in [0.3, 0.4) is 0 Å². The van der Waals surface area contributed by atoms with E-state index in [1.165, 1.54) is 30.4 Å².